The molecule has 0 aliphatic carbocycles. The van der Waals surface area contributed by atoms with Crippen LogP contribution in [-0.2, 0) is 0 Å². The fraction of sp³-hybridized carbons (Fsp3) is 0.214. The van der Waals surface area contributed by atoms with Crippen molar-refractivity contribution in [2.45, 2.75) is 13.3 Å². The molecule has 1 atom stereocenters. The molecule has 0 bridgehead atoms. The summed E-state index contributed by atoms with van der Waals surface area (Å²) in [6, 6.07) is 6.47. The summed E-state index contributed by atoms with van der Waals surface area (Å²) in [6.07, 6.45) is 5.26. The lowest BCUT2D eigenvalue weighted by Crippen LogP contribution is -1.87. The van der Waals surface area contributed by atoms with Crippen LogP contribution in [0, 0.1) is 23.1 Å². The second-order valence-corrected chi connectivity index (χ2v) is 7.17. The van der Waals surface area contributed by atoms with Crippen LogP contribution >= 0.6 is 34.4 Å². The molecule has 0 spiro atoms. The Labute approximate surface area is 124 Å². The van der Waals surface area contributed by atoms with Crippen LogP contribution in [0.3, 0.4) is 0 Å². The predicted octanol–water partition coefficient (Wildman–Crippen LogP) is 5.09. The van der Waals surface area contributed by atoms with Gasteiger partial charge in [0.2, 0.25) is 0 Å². The summed E-state index contributed by atoms with van der Waals surface area (Å²) in [7, 11) is 0. The van der Waals surface area contributed by atoms with E-state index in [2.05, 4.69) is 41.7 Å². The lowest BCUT2D eigenvalue weighted by atomic mass is 10.1. The van der Waals surface area contributed by atoms with E-state index in [-0.39, 0.29) is 5.82 Å². The Morgan fingerprint density at radius 3 is 2.94 bits per heavy atom. The van der Waals surface area contributed by atoms with E-state index in [1.54, 1.807) is 17.8 Å². The highest BCUT2D eigenvalue weighted by Crippen LogP contribution is 2.41. The summed E-state index contributed by atoms with van der Waals surface area (Å²) in [6.45, 7) is 2.16. The van der Waals surface area contributed by atoms with Crippen LogP contribution in [0.5, 0.6) is 0 Å². The Hall–Kier alpha value is -0.800. The Bertz CT molecular complexity index is 572. The van der Waals surface area contributed by atoms with Crippen LogP contribution in [0.1, 0.15) is 24.5 Å². The maximum atomic E-state index is 13.4. The first-order valence-electron chi connectivity index (χ1n) is 5.55. The molecule has 0 fully saturated rings. The molecule has 1 nitrogen and oxygen atoms in total. The predicted molar refractivity (Wildman–Crippen MR) is 82.6 cm³/mol. The monoisotopic (exact) mass is 371 g/mol. The van der Waals surface area contributed by atoms with E-state index in [1.807, 2.05) is 6.07 Å². The quantitative estimate of drug-likeness (QED) is 0.643. The summed E-state index contributed by atoms with van der Waals surface area (Å²) in [5.74, 6) is 0.132. The Balaban J connectivity index is 2.40. The van der Waals surface area contributed by atoms with Crippen molar-refractivity contribution in [3.05, 3.63) is 50.2 Å². The Morgan fingerprint density at radius 1 is 1.44 bits per heavy atom. The van der Waals surface area contributed by atoms with Crippen LogP contribution in [0.25, 0.3) is 4.91 Å². The molecule has 18 heavy (non-hydrogen) atoms. The SMILES string of the molecule is CC1C=C(I)SC(c2cc(F)cc(C#N)c2)=CC1. The number of benzene rings is 1. The minimum absolute atomic E-state index is 0.359. The summed E-state index contributed by atoms with van der Waals surface area (Å²) in [4.78, 5) is 1.02. The van der Waals surface area contributed by atoms with Crippen molar-refractivity contribution in [2.24, 2.45) is 5.92 Å². The molecule has 1 unspecified atom stereocenters. The molecular formula is C14H11FINS. The van der Waals surface area contributed by atoms with E-state index in [4.69, 9.17) is 5.26 Å². The van der Waals surface area contributed by atoms with E-state index in [0.29, 0.717) is 11.5 Å². The molecule has 0 N–H and O–H groups in total. The van der Waals surface area contributed by atoms with Gasteiger partial charge in [-0.05, 0) is 58.7 Å². The number of rotatable bonds is 1. The first-order chi connectivity index (χ1) is 8.58. The van der Waals surface area contributed by atoms with Gasteiger partial charge in [-0.3, -0.25) is 0 Å². The molecule has 4 heteroatoms. The fourth-order valence-corrected chi connectivity index (χ4v) is 3.99. The van der Waals surface area contributed by atoms with E-state index < -0.39 is 0 Å². The Morgan fingerprint density at radius 2 is 2.22 bits per heavy atom. The fourth-order valence-electron chi connectivity index (χ4n) is 1.74. The third kappa shape index (κ3) is 3.36. The molecule has 1 aromatic carbocycles. The van der Waals surface area contributed by atoms with Crippen LogP contribution < -0.4 is 0 Å². The highest BCUT2D eigenvalue weighted by molar-refractivity contribution is 14.1. The molecule has 0 amide bonds. The summed E-state index contributed by atoms with van der Waals surface area (Å²) >= 11 is 3.91. The van der Waals surface area contributed by atoms with Gasteiger partial charge in [0.05, 0.1) is 11.6 Å². The molecule has 0 aromatic heterocycles. The van der Waals surface area contributed by atoms with Gasteiger partial charge in [-0.25, -0.2) is 4.39 Å². The lowest BCUT2D eigenvalue weighted by molar-refractivity contribution is 0.627. The molecule has 1 heterocycles. The second kappa shape index (κ2) is 5.89. The summed E-state index contributed by atoms with van der Waals surface area (Å²) in [5, 5.41) is 8.88. The van der Waals surface area contributed by atoms with E-state index in [1.165, 1.54) is 15.0 Å². The average Bonchev–Trinajstić information content (AvgIpc) is 2.49. The molecule has 1 aromatic rings. The topological polar surface area (TPSA) is 23.8 Å². The van der Waals surface area contributed by atoms with E-state index >= 15 is 0 Å². The van der Waals surface area contributed by atoms with Gasteiger partial charge in [0, 0.05) is 7.82 Å². The van der Waals surface area contributed by atoms with Crippen LogP contribution in [0.15, 0.2) is 33.3 Å². The third-order valence-electron chi connectivity index (χ3n) is 2.61. The largest absolute Gasteiger partial charge is 0.207 e. The second-order valence-electron chi connectivity index (χ2n) is 4.19. The molecule has 1 aliphatic heterocycles. The van der Waals surface area contributed by atoms with Gasteiger partial charge >= 0.3 is 0 Å². The minimum Gasteiger partial charge on any atom is -0.207 e. The highest BCUT2D eigenvalue weighted by Gasteiger charge is 2.12. The number of thioether (sulfide) groups is 1. The third-order valence-corrected chi connectivity index (χ3v) is 4.58. The summed E-state index contributed by atoms with van der Waals surface area (Å²) in [5.41, 5.74) is 1.15. The number of nitriles is 1. The zero-order valence-corrected chi connectivity index (χ0v) is 12.8. The molecule has 0 radical (unpaired) electrons. The van der Waals surface area contributed by atoms with Gasteiger partial charge in [0.1, 0.15) is 5.82 Å². The van der Waals surface area contributed by atoms with Gasteiger partial charge in [-0.15, -0.1) is 0 Å². The first-order valence-corrected chi connectivity index (χ1v) is 7.44. The number of hydrogen-bond donors (Lipinski definition) is 0. The van der Waals surface area contributed by atoms with Crippen molar-refractivity contribution in [2.75, 3.05) is 0 Å². The zero-order valence-electron chi connectivity index (χ0n) is 9.78. The average molecular weight is 371 g/mol. The van der Waals surface area contributed by atoms with Crippen LogP contribution in [0.4, 0.5) is 4.39 Å². The first kappa shape index (κ1) is 13.6. The molecule has 2 rings (SSSR count). The van der Waals surface area contributed by atoms with Gasteiger partial charge in [0.25, 0.3) is 0 Å². The normalized spacial score (nSPS) is 19.6. The minimum atomic E-state index is -0.359. The molecular weight excluding hydrogens is 360 g/mol. The van der Waals surface area contributed by atoms with Gasteiger partial charge < -0.3 is 0 Å². The molecule has 0 saturated carbocycles. The van der Waals surface area contributed by atoms with Crippen molar-refractivity contribution in [1.82, 2.24) is 0 Å². The van der Waals surface area contributed by atoms with Crippen molar-refractivity contribution in [3.63, 3.8) is 0 Å². The zero-order chi connectivity index (χ0) is 13.1. The number of hydrogen-bond acceptors (Lipinski definition) is 2. The van der Waals surface area contributed by atoms with Crippen molar-refractivity contribution in [3.8, 4) is 6.07 Å². The van der Waals surface area contributed by atoms with Crippen molar-refractivity contribution < 1.29 is 4.39 Å². The smallest absolute Gasteiger partial charge is 0.125 e. The molecule has 92 valence electrons. The van der Waals surface area contributed by atoms with E-state index in [9.17, 15) is 4.39 Å². The standard InChI is InChI=1S/C14H11FINS/c1-9-2-3-13(18-14(16)4-9)11-5-10(8-17)6-12(15)7-11/h3-7,9H,2H2,1H3. The van der Waals surface area contributed by atoms with Crippen LogP contribution in [0.2, 0.25) is 0 Å². The maximum Gasteiger partial charge on any atom is 0.125 e. The van der Waals surface area contributed by atoms with Crippen molar-refractivity contribution in [1.29, 1.82) is 5.26 Å². The van der Waals surface area contributed by atoms with Crippen molar-refractivity contribution >= 4 is 39.3 Å². The van der Waals surface area contributed by atoms with Crippen LogP contribution in [-0.4, -0.2) is 0 Å². The lowest BCUT2D eigenvalue weighted by Gasteiger charge is -2.06. The van der Waals surface area contributed by atoms with Gasteiger partial charge in [0.15, 0.2) is 0 Å². The molecule has 0 saturated heterocycles. The number of allylic oxidation sites excluding steroid dienone is 2. The molecule has 1 aliphatic rings. The highest BCUT2D eigenvalue weighted by atomic mass is 127. The number of halogens is 2. The van der Waals surface area contributed by atoms with Gasteiger partial charge in [-0.2, -0.15) is 5.26 Å². The summed E-state index contributed by atoms with van der Waals surface area (Å²) < 4.78 is 14.6. The number of nitrogens with zero attached hydrogens (tertiary/aromatic N) is 1. The maximum absolute atomic E-state index is 13.4. The van der Waals surface area contributed by atoms with E-state index in [0.717, 1.165) is 16.9 Å². The Kier molecular flexibility index (Phi) is 4.46. The van der Waals surface area contributed by atoms with Gasteiger partial charge in [-0.1, -0.05) is 30.8 Å².